The summed E-state index contributed by atoms with van der Waals surface area (Å²) in [6.45, 7) is 3.63. The van der Waals surface area contributed by atoms with E-state index in [-0.39, 0.29) is 6.04 Å². The number of rotatable bonds is 5. The van der Waals surface area contributed by atoms with Crippen LogP contribution in [0, 0.1) is 0 Å². The van der Waals surface area contributed by atoms with Gasteiger partial charge in [-0.25, -0.2) is 0 Å². The van der Waals surface area contributed by atoms with E-state index in [4.69, 9.17) is 10.5 Å². The molecule has 2 N–H and O–H groups in total. The first-order valence-corrected chi connectivity index (χ1v) is 6.37. The van der Waals surface area contributed by atoms with Crippen molar-refractivity contribution in [1.82, 2.24) is 0 Å². The minimum atomic E-state index is 0.231. The SMILES string of the molecule is CCOCCC(N)C1=CCCCCCC1. The van der Waals surface area contributed by atoms with Crippen LogP contribution in [0.4, 0.5) is 0 Å². The third-order valence-corrected chi connectivity index (χ3v) is 3.08. The fourth-order valence-electron chi connectivity index (χ4n) is 2.09. The first-order chi connectivity index (χ1) is 7.34. The van der Waals surface area contributed by atoms with Crippen molar-refractivity contribution in [2.75, 3.05) is 13.2 Å². The molecule has 1 rings (SSSR count). The van der Waals surface area contributed by atoms with Crippen molar-refractivity contribution in [1.29, 1.82) is 0 Å². The standard InChI is InChI=1S/C13H25NO/c1-2-15-11-10-13(14)12-8-6-4-3-5-7-9-12/h8,13H,2-7,9-11,14H2,1H3. The Labute approximate surface area is 93.9 Å². The Morgan fingerprint density at radius 1 is 1.33 bits per heavy atom. The number of hydrogen-bond acceptors (Lipinski definition) is 2. The van der Waals surface area contributed by atoms with Gasteiger partial charge in [-0.3, -0.25) is 0 Å². The molecule has 0 aromatic heterocycles. The first kappa shape index (κ1) is 12.7. The van der Waals surface area contributed by atoms with Gasteiger partial charge in [0.15, 0.2) is 0 Å². The maximum Gasteiger partial charge on any atom is 0.0483 e. The number of allylic oxidation sites excluding steroid dienone is 1. The fourth-order valence-corrected chi connectivity index (χ4v) is 2.09. The van der Waals surface area contributed by atoms with E-state index in [1.165, 1.54) is 44.1 Å². The molecule has 0 aromatic carbocycles. The Bertz CT molecular complexity index is 189. The molecule has 0 fully saturated rings. The van der Waals surface area contributed by atoms with Gasteiger partial charge in [-0.1, -0.05) is 24.5 Å². The summed E-state index contributed by atoms with van der Waals surface area (Å²) in [6.07, 6.45) is 11.2. The van der Waals surface area contributed by atoms with Crippen LogP contribution < -0.4 is 5.73 Å². The smallest absolute Gasteiger partial charge is 0.0483 e. The molecule has 0 saturated carbocycles. The zero-order valence-electron chi connectivity index (χ0n) is 10.0. The van der Waals surface area contributed by atoms with Gasteiger partial charge in [-0.05, 0) is 39.0 Å². The second-order valence-corrected chi connectivity index (χ2v) is 4.32. The van der Waals surface area contributed by atoms with Crippen LogP contribution in [0.1, 0.15) is 51.9 Å². The molecule has 0 amide bonds. The average molecular weight is 211 g/mol. The van der Waals surface area contributed by atoms with Gasteiger partial charge in [0.2, 0.25) is 0 Å². The van der Waals surface area contributed by atoms with E-state index in [0.717, 1.165) is 19.6 Å². The van der Waals surface area contributed by atoms with Crippen molar-refractivity contribution in [3.8, 4) is 0 Å². The zero-order valence-corrected chi connectivity index (χ0v) is 10.0. The fraction of sp³-hybridized carbons (Fsp3) is 0.846. The summed E-state index contributed by atoms with van der Waals surface area (Å²) in [5.41, 5.74) is 7.63. The van der Waals surface area contributed by atoms with Crippen LogP contribution in [0.25, 0.3) is 0 Å². The van der Waals surface area contributed by atoms with E-state index in [1.54, 1.807) is 0 Å². The quantitative estimate of drug-likeness (QED) is 0.560. The van der Waals surface area contributed by atoms with Crippen LogP contribution in [-0.4, -0.2) is 19.3 Å². The van der Waals surface area contributed by atoms with Crippen LogP contribution in [0.5, 0.6) is 0 Å². The Morgan fingerprint density at radius 2 is 2.13 bits per heavy atom. The van der Waals surface area contributed by atoms with Crippen molar-refractivity contribution < 1.29 is 4.74 Å². The van der Waals surface area contributed by atoms with E-state index in [0.29, 0.717) is 0 Å². The molecule has 0 saturated heterocycles. The minimum absolute atomic E-state index is 0.231. The minimum Gasteiger partial charge on any atom is -0.382 e. The summed E-state index contributed by atoms with van der Waals surface area (Å²) in [4.78, 5) is 0. The van der Waals surface area contributed by atoms with Crippen LogP contribution >= 0.6 is 0 Å². The van der Waals surface area contributed by atoms with Crippen LogP contribution in [-0.2, 0) is 4.74 Å². The topological polar surface area (TPSA) is 35.2 Å². The molecular weight excluding hydrogens is 186 g/mol. The van der Waals surface area contributed by atoms with Gasteiger partial charge in [0.1, 0.15) is 0 Å². The highest BCUT2D eigenvalue weighted by molar-refractivity contribution is 5.10. The summed E-state index contributed by atoms with van der Waals surface area (Å²) in [5.74, 6) is 0. The van der Waals surface area contributed by atoms with Gasteiger partial charge in [-0.15, -0.1) is 0 Å². The Kier molecular flexibility index (Phi) is 6.69. The van der Waals surface area contributed by atoms with Crippen molar-refractivity contribution in [2.45, 2.75) is 57.9 Å². The summed E-state index contributed by atoms with van der Waals surface area (Å²) in [6, 6.07) is 0.231. The summed E-state index contributed by atoms with van der Waals surface area (Å²) < 4.78 is 5.34. The van der Waals surface area contributed by atoms with Crippen molar-refractivity contribution in [3.05, 3.63) is 11.6 Å². The maximum absolute atomic E-state index is 6.16. The lowest BCUT2D eigenvalue weighted by Gasteiger charge is -2.18. The maximum atomic E-state index is 6.16. The van der Waals surface area contributed by atoms with Crippen LogP contribution in [0.15, 0.2) is 11.6 Å². The Hall–Kier alpha value is -0.340. The lowest BCUT2D eigenvalue weighted by atomic mass is 9.94. The normalized spacial score (nSPS) is 20.3. The Balaban J connectivity index is 2.30. The lowest BCUT2D eigenvalue weighted by Crippen LogP contribution is -2.25. The lowest BCUT2D eigenvalue weighted by molar-refractivity contribution is 0.142. The zero-order chi connectivity index (χ0) is 10.9. The monoisotopic (exact) mass is 211 g/mol. The van der Waals surface area contributed by atoms with Gasteiger partial charge in [0.25, 0.3) is 0 Å². The molecule has 1 aliphatic rings. The molecule has 1 aliphatic carbocycles. The van der Waals surface area contributed by atoms with E-state index < -0.39 is 0 Å². The highest BCUT2D eigenvalue weighted by atomic mass is 16.5. The van der Waals surface area contributed by atoms with Gasteiger partial charge < -0.3 is 10.5 Å². The van der Waals surface area contributed by atoms with Crippen LogP contribution in [0.2, 0.25) is 0 Å². The van der Waals surface area contributed by atoms with Crippen molar-refractivity contribution in [2.24, 2.45) is 5.73 Å². The highest BCUT2D eigenvalue weighted by Gasteiger charge is 2.10. The summed E-state index contributed by atoms with van der Waals surface area (Å²) >= 11 is 0. The summed E-state index contributed by atoms with van der Waals surface area (Å²) in [5, 5.41) is 0. The molecule has 88 valence electrons. The number of ether oxygens (including phenoxy) is 1. The van der Waals surface area contributed by atoms with Crippen LogP contribution in [0.3, 0.4) is 0 Å². The second-order valence-electron chi connectivity index (χ2n) is 4.32. The van der Waals surface area contributed by atoms with Gasteiger partial charge >= 0.3 is 0 Å². The van der Waals surface area contributed by atoms with Gasteiger partial charge in [0, 0.05) is 19.3 Å². The molecule has 0 heterocycles. The van der Waals surface area contributed by atoms with E-state index in [9.17, 15) is 0 Å². The molecule has 0 bridgehead atoms. The molecule has 0 radical (unpaired) electrons. The van der Waals surface area contributed by atoms with E-state index in [1.807, 2.05) is 6.92 Å². The molecule has 0 aromatic rings. The largest absolute Gasteiger partial charge is 0.382 e. The molecule has 1 atom stereocenters. The summed E-state index contributed by atoms with van der Waals surface area (Å²) in [7, 11) is 0. The molecular formula is C13H25NO. The molecule has 0 aliphatic heterocycles. The third kappa shape index (κ3) is 5.33. The average Bonchev–Trinajstić information content (AvgIpc) is 2.17. The predicted molar refractivity (Wildman–Crippen MR) is 64.9 cm³/mol. The second kappa shape index (κ2) is 7.89. The number of hydrogen-bond donors (Lipinski definition) is 1. The molecule has 2 heteroatoms. The third-order valence-electron chi connectivity index (χ3n) is 3.08. The molecule has 1 unspecified atom stereocenters. The first-order valence-electron chi connectivity index (χ1n) is 6.37. The van der Waals surface area contributed by atoms with Crippen molar-refractivity contribution in [3.63, 3.8) is 0 Å². The number of nitrogens with two attached hydrogens (primary N) is 1. The molecule has 2 nitrogen and oxygen atoms in total. The molecule has 0 spiro atoms. The van der Waals surface area contributed by atoms with E-state index in [2.05, 4.69) is 6.08 Å². The highest BCUT2D eigenvalue weighted by Crippen LogP contribution is 2.19. The molecule has 15 heavy (non-hydrogen) atoms. The van der Waals surface area contributed by atoms with E-state index >= 15 is 0 Å². The van der Waals surface area contributed by atoms with Gasteiger partial charge in [-0.2, -0.15) is 0 Å². The predicted octanol–water partition coefficient (Wildman–Crippen LogP) is 3.02. The van der Waals surface area contributed by atoms with Gasteiger partial charge in [0.05, 0.1) is 0 Å². The van der Waals surface area contributed by atoms with Crippen molar-refractivity contribution >= 4 is 0 Å². The Morgan fingerprint density at radius 3 is 2.93 bits per heavy atom.